The Morgan fingerprint density at radius 2 is 1.73 bits per heavy atom. The maximum Gasteiger partial charge on any atom is 0.0692 e. The van der Waals surface area contributed by atoms with Crippen LogP contribution < -0.4 is 5.32 Å². The normalized spacial score (nSPS) is 20.0. The highest BCUT2D eigenvalue weighted by atomic mass is 16.3. The van der Waals surface area contributed by atoms with E-state index < -0.39 is 0 Å². The van der Waals surface area contributed by atoms with Crippen molar-refractivity contribution < 1.29 is 5.11 Å². The number of aliphatic hydroxyl groups excluding tert-OH is 1. The van der Waals surface area contributed by atoms with Crippen LogP contribution in [-0.2, 0) is 0 Å². The summed E-state index contributed by atoms with van der Waals surface area (Å²) in [5.41, 5.74) is 0. The summed E-state index contributed by atoms with van der Waals surface area (Å²) in [6, 6.07) is 0. The lowest BCUT2D eigenvalue weighted by atomic mass is 10.00. The summed E-state index contributed by atoms with van der Waals surface area (Å²) in [6.07, 6.45) is 7.46. The summed E-state index contributed by atoms with van der Waals surface area (Å²) >= 11 is 0. The van der Waals surface area contributed by atoms with E-state index in [1.54, 1.807) is 0 Å². The Bertz CT molecular complexity index is 151. The molecule has 1 saturated carbocycles. The molecule has 1 fully saturated rings. The van der Waals surface area contributed by atoms with Gasteiger partial charge in [0.05, 0.1) is 6.10 Å². The van der Waals surface area contributed by atoms with Gasteiger partial charge in [-0.25, -0.2) is 0 Å². The minimum absolute atomic E-state index is 0.109. The third-order valence-electron chi connectivity index (χ3n) is 3.89. The largest absolute Gasteiger partial charge is 0.392 e. The fourth-order valence-corrected chi connectivity index (χ4v) is 2.52. The van der Waals surface area contributed by atoms with Gasteiger partial charge in [-0.1, -0.05) is 39.5 Å². The fraction of sp³-hybridized carbons (Fsp3) is 1.00. The topological polar surface area (TPSA) is 32.3 Å². The summed E-state index contributed by atoms with van der Waals surface area (Å²) in [5.74, 6) is 1.35. The van der Waals surface area contributed by atoms with Crippen LogP contribution in [0.4, 0.5) is 0 Å². The third kappa shape index (κ3) is 4.52. The molecule has 2 heteroatoms. The minimum Gasteiger partial charge on any atom is -0.392 e. The molecule has 2 nitrogen and oxygen atoms in total. The summed E-state index contributed by atoms with van der Waals surface area (Å²) < 4.78 is 0. The maximum atomic E-state index is 9.94. The Morgan fingerprint density at radius 1 is 1.13 bits per heavy atom. The molecule has 0 amide bonds. The minimum atomic E-state index is -0.109. The van der Waals surface area contributed by atoms with Crippen LogP contribution in [0.2, 0.25) is 0 Å². The molecule has 0 aromatic heterocycles. The quantitative estimate of drug-likeness (QED) is 0.681. The van der Waals surface area contributed by atoms with Crippen LogP contribution in [-0.4, -0.2) is 24.3 Å². The molecule has 0 aliphatic heterocycles. The Labute approximate surface area is 94.5 Å². The zero-order valence-electron chi connectivity index (χ0n) is 10.3. The second kappa shape index (κ2) is 7.24. The van der Waals surface area contributed by atoms with E-state index in [1.165, 1.54) is 38.5 Å². The van der Waals surface area contributed by atoms with Gasteiger partial charge >= 0.3 is 0 Å². The van der Waals surface area contributed by atoms with Gasteiger partial charge in [0.25, 0.3) is 0 Å². The molecule has 2 N–H and O–H groups in total. The average Bonchev–Trinajstić information content (AvgIpc) is 2.77. The van der Waals surface area contributed by atoms with Crippen LogP contribution in [0.25, 0.3) is 0 Å². The van der Waals surface area contributed by atoms with Gasteiger partial charge in [-0.15, -0.1) is 0 Å². The molecule has 1 unspecified atom stereocenters. The van der Waals surface area contributed by atoms with Crippen molar-refractivity contribution in [2.45, 2.75) is 58.5 Å². The van der Waals surface area contributed by atoms with E-state index >= 15 is 0 Å². The number of aliphatic hydroxyl groups is 1. The van der Waals surface area contributed by atoms with E-state index in [9.17, 15) is 5.11 Å². The van der Waals surface area contributed by atoms with Gasteiger partial charge in [0, 0.05) is 6.54 Å². The molecule has 0 radical (unpaired) electrons. The van der Waals surface area contributed by atoms with Crippen molar-refractivity contribution in [3.63, 3.8) is 0 Å². The highest BCUT2D eigenvalue weighted by Crippen LogP contribution is 2.27. The van der Waals surface area contributed by atoms with E-state index in [0.717, 1.165) is 19.0 Å². The number of hydrogen-bond donors (Lipinski definition) is 2. The maximum absolute atomic E-state index is 9.94. The second-order valence-corrected chi connectivity index (χ2v) is 4.95. The summed E-state index contributed by atoms with van der Waals surface area (Å²) in [4.78, 5) is 0. The molecule has 1 aliphatic carbocycles. The molecule has 1 atom stereocenters. The van der Waals surface area contributed by atoms with Crippen LogP contribution in [0.3, 0.4) is 0 Å². The van der Waals surface area contributed by atoms with Gasteiger partial charge in [0.15, 0.2) is 0 Å². The summed E-state index contributed by atoms with van der Waals surface area (Å²) in [6.45, 7) is 6.34. The van der Waals surface area contributed by atoms with Crippen LogP contribution >= 0.6 is 0 Å². The van der Waals surface area contributed by atoms with Gasteiger partial charge < -0.3 is 10.4 Å². The Balaban J connectivity index is 2.07. The first-order valence-corrected chi connectivity index (χ1v) is 6.66. The van der Waals surface area contributed by atoms with Crippen molar-refractivity contribution in [3.05, 3.63) is 0 Å². The molecule has 1 rings (SSSR count). The SMILES string of the molecule is CCC(CC)CNCC(O)C1CCCC1. The molecule has 90 valence electrons. The molecule has 0 bridgehead atoms. The highest BCUT2D eigenvalue weighted by Gasteiger charge is 2.22. The zero-order valence-corrected chi connectivity index (χ0v) is 10.3. The third-order valence-corrected chi connectivity index (χ3v) is 3.89. The van der Waals surface area contributed by atoms with Gasteiger partial charge in [-0.05, 0) is 31.2 Å². The predicted molar refractivity (Wildman–Crippen MR) is 64.9 cm³/mol. The van der Waals surface area contributed by atoms with E-state index in [0.29, 0.717) is 5.92 Å². The van der Waals surface area contributed by atoms with Gasteiger partial charge in [-0.2, -0.15) is 0 Å². The first kappa shape index (κ1) is 13.0. The fourth-order valence-electron chi connectivity index (χ4n) is 2.52. The average molecular weight is 213 g/mol. The first-order chi connectivity index (χ1) is 7.27. The van der Waals surface area contributed by atoms with Crippen molar-refractivity contribution in [2.75, 3.05) is 13.1 Å². The van der Waals surface area contributed by atoms with Crippen molar-refractivity contribution in [1.29, 1.82) is 0 Å². The predicted octanol–water partition coefficient (Wildman–Crippen LogP) is 2.56. The Morgan fingerprint density at radius 3 is 2.27 bits per heavy atom. The Hall–Kier alpha value is -0.0800. The van der Waals surface area contributed by atoms with E-state index in [4.69, 9.17) is 0 Å². The molecule has 15 heavy (non-hydrogen) atoms. The van der Waals surface area contributed by atoms with Crippen LogP contribution in [0.5, 0.6) is 0 Å². The van der Waals surface area contributed by atoms with Crippen molar-refractivity contribution >= 4 is 0 Å². The lowest BCUT2D eigenvalue weighted by Crippen LogP contribution is -2.34. The molecule has 0 spiro atoms. The smallest absolute Gasteiger partial charge is 0.0692 e. The molecule has 0 aromatic carbocycles. The lowest BCUT2D eigenvalue weighted by Gasteiger charge is -2.20. The molecule has 0 heterocycles. The Kier molecular flexibility index (Phi) is 6.26. The van der Waals surface area contributed by atoms with Gasteiger partial charge in [0.1, 0.15) is 0 Å². The number of rotatable bonds is 7. The molecule has 0 aromatic rings. The molecule has 1 aliphatic rings. The number of nitrogens with one attached hydrogen (secondary N) is 1. The second-order valence-electron chi connectivity index (χ2n) is 4.95. The number of hydrogen-bond acceptors (Lipinski definition) is 2. The van der Waals surface area contributed by atoms with Crippen molar-refractivity contribution in [2.24, 2.45) is 11.8 Å². The van der Waals surface area contributed by atoms with Gasteiger partial charge in [0.2, 0.25) is 0 Å². The van der Waals surface area contributed by atoms with Crippen LogP contribution in [0.1, 0.15) is 52.4 Å². The van der Waals surface area contributed by atoms with E-state index in [-0.39, 0.29) is 6.10 Å². The zero-order chi connectivity index (χ0) is 11.1. The standard InChI is InChI=1S/C13H27NO/c1-3-11(4-2)9-14-10-13(15)12-7-5-6-8-12/h11-15H,3-10H2,1-2H3. The van der Waals surface area contributed by atoms with Crippen molar-refractivity contribution in [1.82, 2.24) is 5.32 Å². The summed E-state index contributed by atoms with van der Waals surface area (Å²) in [7, 11) is 0. The van der Waals surface area contributed by atoms with Crippen molar-refractivity contribution in [3.8, 4) is 0 Å². The van der Waals surface area contributed by atoms with E-state index in [2.05, 4.69) is 19.2 Å². The summed E-state index contributed by atoms with van der Waals surface area (Å²) in [5, 5.41) is 13.4. The van der Waals surface area contributed by atoms with E-state index in [1.807, 2.05) is 0 Å². The van der Waals surface area contributed by atoms with Crippen LogP contribution in [0.15, 0.2) is 0 Å². The highest BCUT2D eigenvalue weighted by molar-refractivity contribution is 4.76. The lowest BCUT2D eigenvalue weighted by molar-refractivity contribution is 0.108. The monoisotopic (exact) mass is 213 g/mol. The first-order valence-electron chi connectivity index (χ1n) is 6.66. The van der Waals surface area contributed by atoms with Crippen LogP contribution in [0, 0.1) is 11.8 Å². The van der Waals surface area contributed by atoms with Gasteiger partial charge in [-0.3, -0.25) is 0 Å². The molecule has 0 saturated heterocycles. The molecular weight excluding hydrogens is 186 g/mol. The molecular formula is C13H27NO.